The monoisotopic (exact) mass is 350 g/mol. The number of nitrogens with zero attached hydrogens (tertiary/aromatic N) is 1. The van der Waals surface area contributed by atoms with Crippen LogP contribution in [-0.4, -0.2) is 23.1 Å². The van der Waals surface area contributed by atoms with Crippen LogP contribution in [0.25, 0.3) is 0 Å². The smallest absolute Gasteiger partial charge is 0.126 e. The normalized spacial score (nSPS) is 27.9. The first kappa shape index (κ1) is 17.5. The first-order valence-corrected chi connectivity index (χ1v) is 9.94. The highest BCUT2D eigenvalue weighted by atomic mass is 15.0. The number of hydrogen-bond acceptors (Lipinski definition) is 4. The van der Waals surface area contributed by atoms with Crippen molar-refractivity contribution in [1.82, 2.24) is 10.3 Å². The second-order valence-electron chi connectivity index (χ2n) is 8.05. The molecule has 1 heterocycles. The Bertz CT molecular complexity index is 719. The third kappa shape index (κ3) is 4.43. The lowest BCUT2D eigenvalue weighted by atomic mass is 9.92. The molecular weight excluding hydrogens is 320 g/mol. The van der Waals surface area contributed by atoms with Crippen molar-refractivity contribution in [3.63, 3.8) is 0 Å². The molecule has 2 aliphatic carbocycles. The highest BCUT2D eigenvalue weighted by molar-refractivity contribution is 5.39. The molecule has 0 radical (unpaired) electrons. The average molecular weight is 351 g/mol. The number of benzene rings is 1. The van der Waals surface area contributed by atoms with Gasteiger partial charge in [0.05, 0.1) is 0 Å². The molecule has 0 bridgehead atoms. The molecule has 1 aromatic carbocycles. The summed E-state index contributed by atoms with van der Waals surface area (Å²) in [5, 5.41) is 7.25. The van der Waals surface area contributed by atoms with Crippen LogP contribution in [0.15, 0.2) is 42.6 Å². The van der Waals surface area contributed by atoms with E-state index in [1.54, 1.807) is 0 Å². The summed E-state index contributed by atoms with van der Waals surface area (Å²) in [6.07, 6.45) is 8.06. The largest absolute Gasteiger partial charge is 0.366 e. The van der Waals surface area contributed by atoms with Crippen LogP contribution >= 0.6 is 0 Å². The molecule has 2 saturated carbocycles. The van der Waals surface area contributed by atoms with Crippen LogP contribution in [0.3, 0.4) is 0 Å². The summed E-state index contributed by atoms with van der Waals surface area (Å²) < 4.78 is 0. The molecule has 138 valence electrons. The van der Waals surface area contributed by atoms with Crippen LogP contribution in [0.2, 0.25) is 0 Å². The average Bonchev–Trinajstić information content (AvgIpc) is 3.42. The van der Waals surface area contributed by atoms with Crippen LogP contribution in [0, 0.1) is 6.92 Å². The van der Waals surface area contributed by atoms with Crippen molar-refractivity contribution in [2.45, 2.75) is 69.6 Å². The first-order valence-electron chi connectivity index (χ1n) is 9.94. The number of aryl methyl sites for hydroxylation is 1. The van der Waals surface area contributed by atoms with Gasteiger partial charge in [-0.2, -0.15) is 0 Å². The fourth-order valence-corrected chi connectivity index (χ4v) is 4.08. The van der Waals surface area contributed by atoms with Crippen molar-refractivity contribution >= 4 is 5.82 Å². The molecule has 0 saturated heterocycles. The number of aromatic nitrogens is 1. The van der Waals surface area contributed by atoms with Crippen LogP contribution in [-0.2, 0) is 6.54 Å². The van der Waals surface area contributed by atoms with Crippen molar-refractivity contribution in [3.05, 3.63) is 59.3 Å². The Morgan fingerprint density at radius 3 is 2.69 bits per heavy atom. The van der Waals surface area contributed by atoms with Gasteiger partial charge >= 0.3 is 0 Å². The molecule has 2 aromatic rings. The number of rotatable bonds is 6. The van der Waals surface area contributed by atoms with Crippen molar-refractivity contribution in [2.24, 2.45) is 5.73 Å². The van der Waals surface area contributed by atoms with Crippen molar-refractivity contribution < 1.29 is 0 Å². The maximum Gasteiger partial charge on any atom is 0.126 e. The molecule has 4 heteroatoms. The molecule has 0 spiro atoms. The van der Waals surface area contributed by atoms with Crippen molar-refractivity contribution in [1.29, 1.82) is 0 Å². The van der Waals surface area contributed by atoms with Crippen molar-refractivity contribution in [2.75, 3.05) is 5.32 Å². The van der Waals surface area contributed by atoms with E-state index in [-0.39, 0.29) is 0 Å². The number of anilines is 1. The van der Waals surface area contributed by atoms with E-state index in [2.05, 4.69) is 58.9 Å². The molecule has 2 atom stereocenters. The number of nitrogens with two attached hydrogens (primary N) is 1. The number of pyridine rings is 1. The van der Waals surface area contributed by atoms with Gasteiger partial charge in [0, 0.05) is 36.8 Å². The van der Waals surface area contributed by atoms with Gasteiger partial charge < -0.3 is 16.4 Å². The summed E-state index contributed by atoms with van der Waals surface area (Å²) in [5.74, 6) is 1.57. The quantitative estimate of drug-likeness (QED) is 0.743. The minimum absolute atomic E-state index is 0.423. The maximum atomic E-state index is 6.00. The third-order valence-corrected chi connectivity index (χ3v) is 5.78. The van der Waals surface area contributed by atoms with Gasteiger partial charge in [-0.05, 0) is 56.2 Å². The van der Waals surface area contributed by atoms with Gasteiger partial charge in [0.25, 0.3) is 0 Å². The number of hydrogen-bond donors (Lipinski definition) is 3. The van der Waals surface area contributed by atoms with Crippen LogP contribution in [0.4, 0.5) is 5.82 Å². The third-order valence-electron chi connectivity index (χ3n) is 5.78. The first-order chi connectivity index (χ1) is 12.7. The molecule has 0 aliphatic heterocycles. The lowest BCUT2D eigenvalue weighted by molar-refractivity contribution is 0.339. The zero-order valence-electron chi connectivity index (χ0n) is 15.6. The highest BCUT2D eigenvalue weighted by Crippen LogP contribution is 2.41. The summed E-state index contributed by atoms with van der Waals surface area (Å²) in [7, 11) is 0. The molecule has 1 aromatic heterocycles. The van der Waals surface area contributed by atoms with Crippen LogP contribution in [0.5, 0.6) is 0 Å². The molecule has 2 fully saturated rings. The van der Waals surface area contributed by atoms with Crippen LogP contribution < -0.4 is 16.4 Å². The Balaban J connectivity index is 1.26. The summed E-state index contributed by atoms with van der Waals surface area (Å²) in [4.78, 5) is 4.61. The summed E-state index contributed by atoms with van der Waals surface area (Å²) >= 11 is 0. The Kier molecular flexibility index (Phi) is 5.23. The van der Waals surface area contributed by atoms with E-state index in [9.17, 15) is 0 Å². The van der Waals surface area contributed by atoms with Crippen LogP contribution in [0.1, 0.15) is 54.7 Å². The zero-order chi connectivity index (χ0) is 17.9. The van der Waals surface area contributed by atoms with Gasteiger partial charge in [0.2, 0.25) is 0 Å². The Hall–Kier alpha value is -1.91. The molecule has 2 unspecified atom stereocenters. The van der Waals surface area contributed by atoms with E-state index in [0.717, 1.165) is 25.2 Å². The summed E-state index contributed by atoms with van der Waals surface area (Å²) in [5.41, 5.74) is 9.94. The second kappa shape index (κ2) is 7.77. The second-order valence-corrected chi connectivity index (χ2v) is 8.05. The fourth-order valence-electron chi connectivity index (χ4n) is 4.08. The van der Waals surface area contributed by atoms with Gasteiger partial charge in [-0.1, -0.05) is 35.9 Å². The molecular formula is C22H30N4. The molecule has 4 rings (SSSR count). The maximum absolute atomic E-state index is 6.00. The lowest BCUT2D eigenvalue weighted by Gasteiger charge is -2.27. The minimum atomic E-state index is 0.423. The predicted octanol–water partition coefficient (Wildman–Crippen LogP) is 3.72. The highest BCUT2D eigenvalue weighted by Gasteiger charge is 2.39. The SMILES string of the molecule is Cc1cccc(CNc2ccc(C3CC3N[C@H]3CC[C@H](N)CC3)cn2)c1. The Labute approximate surface area is 156 Å². The molecule has 2 aliphatic rings. The van der Waals surface area contributed by atoms with E-state index in [4.69, 9.17) is 5.73 Å². The standard InChI is InChI=1S/C22H30N4/c1-15-3-2-4-16(11-15)13-24-22-10-5-17(14-25-22)20-12-21(20)26-19-8-6-18(23)7-9-19/h2-5,10-11,14,18-21,26H,6-9,12-13,23H2,1H3,(H,24,25)/t18-,19-,20?,21?. The van der Waals surface area contributed by atoms with E-state index in [1.165, 1.54) is 36.0 Å². The Morgan fingerprint density at radius 1 is 1.12 bits per heavy atom. The van der Waals surface area contributed by atoms with Gasteiger partial charge in [0.1, 0.15) is 5.82 Å². The molecule has 4 N–H and O–H groups in total. The molecule has 4 nitrogen and oxygen atoms in total. The van der Waals surface area contributed by atoms with Gasteiger partial charge in [-0.25, -0.2) is 4.98 Å². The number of nitrogens with one attached hydrogen (secondary N) is 2. The van der Waals surface area contributed by atoms with E-state index in [1.807, 2.05) is 6.20 Å². The van der Waals surface area contributed by atoms with E-state index >= 15 is 0 Å². The van der Waals surface area contributed by atoms with Gasteiger partial charge in [-0.15, -0.1) is 0 Å². The minimum Gasteiger partial charge on any atom is -0.366 e. The summed E-state index contributed by atoms with van der Waals surface area (Å²) in [6, 6.07) is 14.6. The van der Waals surface area contributed by atoms with E-state index < -0.39 is 0 Å². The van der Waals surface area contributed by atoms with Gasteiger partial charge in [-0.3, -0.25) is 0 Å². The predicted molar refractivity (Wildman–Crippen MR) is 107 cm³/mol. The topological polar surface area (TPSA) is 63.0 Å². The summed E-state index contributed by atoms with van der Waals surface area (Å²) in [6.45, 7) is 2.93. The van der Waals surface area contributed by atoms with Gasteiger partial charge in [0.15, 0.2) is 0 Å². The van der Waals surface area contributed by atoms with E-state index in [0.29, 0.717) is 24.0 Å². The lowest BCUT2D eigenvalue weighted by Crippen LogP contribution is -2.38. The fraction of sp³-hybridized carbons (Fsp3) is 0.500. The van der Waals surface area contributed by atoms with Crippen molar-refractivity contribution in [3.8, 4) is 0 Å². The zero-order valence-corrected chi connectivity index (χ0v) is 15.6. The molecule has 26 heavy (non-hydrogen) atoms. The Morgan fingerprint density at radius 2 is 1.96 bits per heavy atom. The molecule has 0 amide bonds.